The highest BCUT2D eigenvalue weighted by molar-refractivity contribution is 7.90. The molecule has 3 rings (SSSR count). The molecule has 1 aliphatic carbocycles. The topological polar surface area (TPSA) is 113 Å². The molecule has 0 heterocycles. The molecule has 1 amide bonds. The molecule has 9 heteroatoms. The van der Waals surface area contributed by atoms with E-state index in [1.807, 2.05) is 37.3 Å². The zero-order valence-corrected chi connectivity index (χ0v) is 29.6. The van der Waals surface area contributed by atoms with Gasteiger partial charge in [-0.3, -0.25) is 9.69 Å². The van der Waals surface area contributed by atoms with Crippen LogP contribution in [0.15, 0.2) is 42.5 Å². The van der Waals surface area contributed by atoms with E-state index >= 15 is 0 Å². The summed E-state index contributed by atoms with van der Waals surface area (Å²) in [6.07, 6.45) is 9.47. The summed E-state index contributed by atoms with van der Waals surface area (Å²) in [5, 5.41) is 12.3. The maximum atomic E-state index is 13.6. The molecule has 8 nitrogen and oxygen atoms in total. The second-order valence-corrected chi connectivity index (χ2v) is 16.2. The predicted octanol–water partition coefficient (Wildman–Crippen LogP) is 6.89. The Hall–Kier alpha value is -2.75. The summed E-state index contributed by atoms with van der Waals surface area (Å²) < 4.78 is 29.7. The fourth-order valence-electron chi connectivity index (χ4n) is 6.40. The Bertz CT molecular complexity index is 1380. The van der Waals surface area contributed by atoms with Gasteiger partial charge in [-0.05, 0) is 86.3 Å². The number of carbonyl (C=O) groups is 2. The van der Waals surface area contributed by atoms with Crippen molar-refractivity contribution < 1.29 is 27.9 Å². The second kappa shape index (κ2) is 18.0. The third kappa shape index (κ3) is 12.1. The van der Waals surface area contributed by atoms with Crippen molar-refractivity contribution in [2.75, 3.05) is 25.2 Å². The lowest BCUT2D eigenvalue weighted by atomic mass is 9.84. The Balaban J connectivity index is 1.94. The van der Waals surface area contributed by atoms with Crippen molar-refractivity contribution in [2.45, 2.75) is 111 Å². The number of nitrogens with zero attached hydrogens (tertiary/aromatic N) is 1. The molecule has 2 unspecified atom stereocenters. The first-order chi connectivity index (χ1) is 21.7. The van der Waals surface area contributed by atoms with Crippen LogP contribution in [0.4, 0.5) is 0 Å². The van der Waals surface area contributed by atoms with Gasteiger partial charge in [-0.1, -0.05) is 76.3 Å². The zero-order chi connectivity index (χ0) is 33.9. The summed E-state index contributed by atoms with van der Waals surface area (Å²) in [5.41, 5.74) is 4.03. The average molecular weight is 657 g/mol. The molecule has 1 saturated carbocycles. The van der Waals surface area contributed by atoms with Crippen molar-refractivity contribution in [2.24, 2.45) is 11.8 Å². The summed E-state index contributed by atoms with van der Waals surface area (Å²) >= 11 is 0. The zero-order valence-electron chi connectivity index (χ0n) is 28.8. The quantitative estimate of drug-likeness (QED) is 0.168. The summed E-state index contributed by atoms with van der Waals surface area (Å²) in [5.74, 6) is -0.841. The third-order valence-electron chi connectivity index (χ3n) is 9.12. The highest BCUT2D eigenvalue weighted by Gasteiger charge is 2.28. The molecule has 0 bridgehead atoms. The Morgan fingerprint density at radius 3 is 2.30 bits per heavy atom. The first kappa shape index (κ1) is 37.7. The molecule has 0 spiro atoms. The molecule has 0 saturated heterocycles. The van der Waals surface area contributed by atoms with Gasteiger partial charge in [-0.15, -0.1) is 0 Å². The van der Waals surface area contributed by atoms with E-state index in [9.17, 15) is 23.1 Å². The van der Waals surface area contributed by atoms with Crippen LogP contribution in [0.2, 0.25) is 0 Å². The Morgan fingerprint density at radius 2 is 1.70 bits per heavy atom. The molecular weight excluding hydrogens is 600 g/mol. The van der Waals surface area contributed by atoms with E-state index in [4.69, 9.17) is 4.74 Å². The smallest absolute Gasteiger partial charge is 0.326 e. The third-order valence-corrected chi connectivity index (χ3v) is 10.1. The highest BCUT2D eigenvalue weighted by atomic mass is 32.2. The van der Waals surface area contributed by atoms with Crippen LogP contribution in [-0.2, 0) is 25.9 Å². The summed E-state index contributed by atoms with van der Waals surface area (Å²) in [6, 6.07) is 12.8. The minimum absolute atomic E-state index is 0.206. The van der Waals surface area contributed by atoms with Crippen molar-refractivity contribution in [1.29, 1.82) is 0 Å². The summed E-state index contributed by atoms with van der Waals surface area (Å²) in [7, 11) is -3.39. The highest BCUT2D eigenvalue weighted by Crippen LogP contribution is 2.32. The Morgan fingerprint density at radius 1 is 1.00 bits per heavy atom. The van der Waals surface area contributed by atoms with E-state index in [1.165, 1.54) is 32.1 Å². The minimum Gasteiger partial charge on any atom is -0.480 e. The maximum Gasteiger partial charge on any atom is 0.326 e. The number of hydrogen-bond acceptors (Lipinski definition) is 6. The lowest BCUT2D eigenvalue weighted by Crippen LogP contribution is -2.44. The van der Waals surface area contributed by atoms with E-state index in [-0.39, 0.29) is 24.3 Å². The molecular formula is C37H56N2O6S. The number of aliphatic carboxylic acids is 1. The fourth-order valence-corrected chi connectivity index (χ4v) is 7.06. The molecule has 2 aromatic rings. The molecule has 0 aliphatic heterocycles. The number of carbonyl (C=O) groups excluding carboxylic acids is 1. The molecule has 1 fully saturated rings. The van der Waals surface area contributed by atoms with Crippen molar-refractivity contribution in [3.63, 3.8) is 0 Å². The molecule has 2 atom stereocenters. The van der Waals surface area contributed by atoms with Gasteiger partial charge in [0.2, 0.25) is 0 Å². The molecule has 2 N–H and O–H groups in total. The van der Waals surface area contributed by atoms with Gasteiger partial charge in [-0.25, -0.2) is 13.2 Å². The van der Waals surface area contributed by atoms with E-state index < -0.39 is 27.8 Å². The number of rotatable bonds is 18. The van der Waals surface area contributed by atoms with Crippen molar-refractivity contribution >= 4 is 21.7 Å². The summed E-state index contributed by atoms with van der Waals surface area (Å²) in [6.45, 7) is 13.0. The number of aryl methyl sites for hydroxylation is 1. The molecule has 0 radical (unpaired) electrons. The van der Waals surface area contributed by atoms with Crippen LogP contribution in [0.3, 0.4) is 0 Å². The first-order valence-corrected chi connectivity index (χ1v) is 19.0. The number of carboxylic acid groups (broad SMARTS) is 1. The maximum absolute atomic E-state index is 13.6. The molecule has 0 aromatic heterocycles. The number of sulfone groups is 1. The Labute approximate surface area is 277 Å². The van der Waals surface area contributed by atoms with Crippen LogP contribution in [0.25, 0.3) is 11.1 Å². The lowest BCUT2D eigenvalue weighted by Gasteiger charge is -2.38. The van der Waals surface area contributed by atoms with Crippen LogP contribution in [0.1, 0.15) is 101 Å². The lowest BCUT2D eigenvalue weighted by molar-refractivity contribution is -0.139. The first-order valence-electron chi connectivity index (χ1n) is 17.0. The van der Waals surface area contributed by atoms with Gasteiger partial charge in [0.1, 0.15) is 15.9 Å². The van der Waals surface area contributed by atoms with E-state index in [2.05, 4.69) is 44.0 Å². The van der Waals surface area contributed by atoms with Crippen LogP contribution < -0.4 is 5.32 Å². The van der Waals surface area contributed by atoms with Gasteiger partial charge >= 0.3 is 5.97 Å². The minimum atomic E-state index is -3.39. The molecule has 2 aromatic carbocycles. The van der Waals surface area contributed by atoms with Gasteiger partial charge in [-0.2, -0.15) is 0 Å². The molecule has 46 heavy (non-hydrogen) atoms. The average Bonchev–Trinajstić information content (AvgIpc) is 2.99. The predicted molar refractivity (Wildman–Crippen MR) is 186 cm³/mol. The van der Waals surface area contributed by atoms with Gasteiger partial charge in [0.25, 0.3) is 5.91 Å². The normalized spacial score (nSPS) is 15.8. The standard InChI is InChI=1S/C37H56N2O6S/c1-26(2)18-20-45-25-31(22-29-13-8-7-9-14-29)39(27(3)4)24-30-16-17-33(34(23-30)32-15-11-10-12-28(32)5)36(40)38-35(37(41)42)19-21-46(6,43)44/h10-12,15-17,23,26-27,29,31,35H,7-9,13-14,18-22,24-25H2,1-6H3,(H,38,40)(H,41,42). The van der Waals surface area contributed by atoms with E-state index in [0.717, 1.165) is 48.0 Å². The van der Waals surface area contributed by atoms with Gasteiger partial charge in [0.15, 0.2) is 0 Å². The number of carboxylic acids is 1. The van der Waals surface area contributed by atoms with Crippen LogP contribution in [0, 0.1) is 18.8 Å². The van der Waals surface area contributed by atoms with Gasteiger partial charge < -0.3 is 15.2 Å². The van der Waals surface area contributed by atoms with Crippen molar-refractivity contribution in [3.8, 4) is 11.1 Å². The van der Waals surface area contributed by atoms with Crippen molar-refractivity contribution in [3.05, 3.63) is 59.2 Å². The van der Waals surface area contributed by atoms with Crippen molar-refractivity contribution in [1.82, 2.24) is 10.2 Å². The largest absolute Gasteiger partial charge is 0.480 e. The summed E-state index contributed by atoms with van der Waals surface area (Å²) in [4.78, 5) is 28.1. The fraction of sp³-hybridized carbons (Fsp3) is 0.622. The number of amides is 1. The molecule has 1 aliphatic rings. The van der Waals surface area contributed by atoms with E-state index in [0.29, 0.717) is 30.6 Å². The number of nitrogens with one attached hydrogen (secondary N) is 1. The monoisotopic (exact) mass is 656 g/mol. The molecule has 256 valence electrons. The number of hydrogen-bond donors (Lipinski definition) is 2. The second-order valence-electron chi connectivity index (χ2n) is 13.9. The van der Waals surface area contributed by atoms with Crippen LogP contribution in [0.5, 0.6) is 0 Å². The SMILES string of the molecule is Cc1ccccc1-c1cc(CN(C(C)C)C(COCCC(C)C)CC2CCCCC2)ccc1C(=O)NC(CCS(C)(=O)=O)C(=O)O. The number of benzene rings is 2. The van der Waals surface area contributed by atoms with Crippen LogP contribution in [-0.4, -0.2) is 73.6 Å². The van der Waals surface area contributed by atoms with Gasteiger partial charge in [0.05, 0.1) is 12.4 Å². The van der Waals surface area contributed by atoms with Crippen LogP contribution >= 0.6 is 0 Å². The Kier molecular flexibility index (Phi) is 14.7. The van der Waals surface area contributed by atoms with E-state index in [1.54, 1.807) is 6.07 Å². The van der Waals surface area contributed by atoms with Gasteiger partial charge in [0, 0.05) is 37.1 Å². The number of ether oxygens (including phenoxy) is 1.